The van der Waals surface area contributed by atoms with Crippen molar-refractivity contribution < 1.29 is 23.9 Å². The molecular formula is C24H30N4O5. The van der Waals surface area contributed by atoms with Crippen LogP contribution in [0.4, 0.5) is 0 Å². The molecule has 0 aliphatic rings. The number of carbonyl (C=O) groups is 3. The van der Waals surface area contributed by atoms with Crippen LogP contribution in [0.15, 0.2) is 59.7 Å². The van der Waals surface area contributed by atoms with E-state index in [4.69, 9.17) is 9.47 Å². The summed E-state index contributed by atoms with van der Waals surface area (Å²) in [6, 6.07) is 16.4. The molecule has 0 spiro atoms. The molecule has 0 heterocycles. The number of carbonyl (C=O) groups excluding carboxylic acids is 3. The van der Waals surface area contributed by atoms with Crippen molar-refractivity contribution in [3.05, 3.63) is 65.7 Å². The average molecular weight is 455 g/mol. The molecule has 9 heteroatoms. The second kappa shape index (κ2) is 14.4. The molecule has 2 aromatic rings. The first-order valence-corrected chi connectivity index (χ1v) is 10.7. The summed E-state index contributed by atoms with van der Waals surface area (Å²) in [5.41, 5.74) is 3.80. The highest BCUT2D eigenvalue weighted by Crippen LogP contribution is 2.11. The molecule has 0 fully saturated rings. The number of hydrogen-bond acceptors (Lipinski definition) is 6. The lowest BCUT2D eigenvalue weighted by Gasteiger charge is -2.08. The van der Waals surface area contributed by atoms with Gasteiger partial charge in [0.05, 0.1) is 12.3 Å². The molecule has 9 nitrogen and oxygen atoms in total. The molecule has 0 aromatic heterocycles. The van der Waals surface area contributed by atoms with E-state index in [1.165, 1.54) is 6.21 Å². The van der Waals surface area contributed by atoms with Gasteiger partial charge in [0.15, 0.2) is 6.61 Å². The van der Waals surface area contributed by atoms with E-state index in [9.17, 15) is 14.4 Å². The van der Waals surface area contributed by atoms with E-state index in [-0.39, 0.29) is 18.6 Å². The topological polar surface area (TPSA) is 118 Å². The van der Waals surface area contributed by atoms with Crippen molar-refractivity contribution in [2.75, 3.05) is 19.8 Å². The van der Waals surface area contributed by atoms with Gasteiger partial charge in [-0.05, 0) is 43.5 Å². The largest absolute Gasteiger partial charge is 0.484 e. The van der Waals surface area contributed by atoms with E-state index >= 15 is 0 Å². The van der Waals surface area contributed by atoms with Crippen LogP contribution >= 0.6 is 0 Å². The summed E-state index contributed by atoms with van der Waals surface area (Å²) in [5, 5.41) is 9.07. The van der Waals surface area contributed by atoms with Crippen LogP contribution in [0.3, 0.4) is 0 Å². The van der Waals surface area contributed by atoms with Gasteiger partial charge < -0.3 is 20.1 Å². The zero-order valence-electron chi connectivity index (χ0n) is 18.9. The fraction of sp³-hybridized carbons (Fsp3) is 0.333. The minimum absolute atomic E-state index is 0.124. The van der Waals surface area contributed by atoms with Crippen LogP contribution in [0, 0.1) is 0 Å². The Morgan fingerprint density at radius 2 is 1.79 bits per heavy atom. The average Bonchev–Trinajstić information content (AvgIpc) is 2.81. The normalized spacial score (nSPS) is 10.8. The molecule has 0 unspecified atom stereocenters. The zero-order chi connectivity index (χ0) is 23.9. The molecule has 33 heavy (non-hydrogen) atoms. The lowest BCUT2D eigenvalue weighted by Crippen LogP contribution is -2.38. The summed E-state index contributed by atoms with van der Waals surface area (Å²) in [6.07, 6.45) is 2.11. The van der Waals surface area contributed by atoms with Gasteiger partial charge in [-0.15, -0.1) is 0 Å². The molecule has 0 saturated heterocycles. The van der Waals surface area contributed by atoms with Crippen LogP contribution in [0.1, 0.15) is 31.4 Å². The second-order valence-corrected chi connectivity index (χ2v) is 7.35. The van der Waals surface area contributed by atoms with Crippen molar-refractivity contribution in [1.29, 1.82) is 0 Å². The summed E-state index contributed by atoms with van der Waals surface area (Å²) in [6.45, 7) is 4.98. The van der Waals surface area contributed by atoms with Crippen LogP contribution < -0.4 is 20.8 Å². The first-order chi connectivity index (χ1) is 15.9. The van der Waals surface area contributed by atoms with Crippen LogP contribution in [0.5, 0.6) is 5.75 Å². The Bertz CT molecular complexity index is 931. The first kappa shape index (κ1) is 25.5. The Balaban J connectivity index is 1.70. The number of hydrazone groups is 1. The third-order valence-electron chi connectivity index (χ3n) is 4.20. The number of hydrogen-bond donors (Lipinski definition) is 3. The summed E-state index contributed by atoms with van der Waals surface area (Å²) in [5.74, 6) is -1.40. The van der Waals surface area contributed by atoms with Gasteiger partial charge in [-0.2, -0.15) is 5.10 Å². The molecule has 3 N–H and O–H groups in total. The van der Waals surface area contributed by atoms with Crippen LogP contribution in [0.25, 0.3) is 0 Å². The molecule has 0 saturated carbocycles. The van der Waals surface area contributed by atoms with Crippen LogP contribution in [-0.2, 0) is 25.7 Å². The number of rotatable bonds is 12. The van der Waals surface area contributed by atoms with E-state index in [2.05, 4.69) is 21.2 Å². The number of amides is 3. The number of nitrogens with one attached hydrogen (secondary N) is 3. The maximum Gasteiger partial charge on any atom is 0.329 e. The zero-order valence-corrected chi connectivity index (χ0v) is 18.9. The van der Waals surface area contributed by atoms with E-state index < -0.39 is 11.8 Å². The summed E-state index contributed by atoms with van der Waals surface area (Å²) in [7, 11) is 0. The Morgan fingerprint density at radius 3 is 2.55 bits per heavy atom. The van der Waals surface area contributed by atoms with Gasteiger partial charge in [-0.3, -0.25) is 14.4 Å². The predicted octanol–water partition coefficient (Wildman–Crippen LogP) is 1.76. The van der Waals surface area contributed by atoms with Gasteiger partial charge in [0.1, 0.15) is 5.75 Å². The Labute approximate surface area is 193 Å². The first-order valence-electron chi connectivity index (χ1n) is 10.7. The highest BCUT2D eigenvalue weighted by Gasteiger charge is 2.11. The molecule has 0 aliphatic carbocycles. The Morgan fingerprint density at radius 1 is 1.00 bits per heavy atom. The highest BCUT2D eigenvalue weighted by molar-refractivity contribution is 6.35. The van der Waals surface area contributed by atoms with Gasteiger partial charge in [0.2, 0.25) is 0 Å². The smallest absolute Gasteiger partial charge is 0.329 e. The van der Waals surface area contributed by atoms with Crippen LogP contribution in [0.2, 0.25) is 0 Å². The van der Waals surface area contributed by atoms with Gasteiger partial charge in [0.25, 0.3) is 5.91 Å². The molecule has 176 valence electrons. The molecule has 0 bridgehead atoms. The van der Waals surface area contributed by atoms with Crippen molar-refractivity contribution in [3.63, 3.8) is 0 Å². The summed E-state index contributed by atoms with van der Waals surface area (Å²) >= 11 is 0. The van der Waals surface area contributed by atoms with Crippen molar-refractivity contribution in [3.8, 4) is 5.75 Å². The van der Waals surface area contributed by atoms with E-state index in [0.717, 1.165) is 5.56 Å². The van der Waals surface area contributed by atoms with Crippen molar-refractivity contribution in [2.24, 2.45) is 5.10 Å². The second-order valence-electron chi connectivity index (χ2n) is 7.35. The quantitative estimate of drug-likeness (QED) is 0.196. The van der Waals surface area contributed by atoms with Crippen molar-refractivity contribution in [1.82, 2.24) is 16.1 Å². The molecule has 0 aliphatic heterocycles. The van der Waals surface area contributed by atoms with Gasteiger partial charge >= 0.3 is 11.8 Å². The molecule has 0 radical (unpaired) electrons. The number of benzene rings is 2. The van der Waals surface area contributed by atoms with E-state index in [1.54, 1.807) is 24.3 Å². The summed E-state index contributed by atoms with van der Waals surface area (Å²) < 4.78 is 10.9. The number of ether oxygens (including phenoxy) is 2. The minimum Gasteiger partial charge on any atom is -0.484 e. The molecule has 0 atom stereocenters. The fourth-order valence-corrected chi connectivity index (χ4v) is 2.57. The van der Waals surface area contributed by atoms with E-state index in [1.807, 2.05) is 44.2 Å². The van der Waals surface area contributed by atoms with Crippen molar-refractivity contribution in [2.45, 2.75) is 32.9 Å². The maximum atomic E-state index is 12.0. The third-order valence-corrected chi connectivity index (χ3v) is 4.20. The summed E-state index contributed by atoms with van der Waals surface area (Å²) in [4.78, 5) is 35.5. The standard InChI is InChI=1S/C24H30N4O5/c1-18(2)32-13-7-12-25-23(30)24(31)28-27-16-20-10-6-11-21(14-20)33-17-22(29)26-15-19-8-4-3-5-9-19/h3-6,8-11,14,16,18H,7,12-13,15,17H2,1-2H3,(H,25,30)(H,26,29)(H,28,31)/b27-16-. The van der Waals surface area contributed by atoms with Gasteiger partial charge in [-0.25, -0.2) is 5.43 Å². The van der Waals surface area contributed by atoms with Crippen LogP contribution in [-0.4, -0.2) is 49.8 Å². The minimum atomic E-state index is -0.862. The molecular weight excluding hydrogens is 424 g/mol. The monoisotopic (exact) mass is 454 g/mol. The Hall–Kier alpha value is -3.72. The lowest BCUT2D eigenvalue weighted by atomic mass is 10.2. The fourth-order valence-electron chi connectivity index (χ4n) is 2.57. The molecule has 3 amide bonds. The van der Waals surface area contributed by atoms with Gasteiger partial charge in [0, 0.05) is 19.7 Å². The third kappa shape index (κ3) is 10.9. The molecule has 2 rings (SSSR count). The van der Waals surface area contributed by atoms with E-state index in [0.29, 0.717) is 37.4 Å². The number of nitrogens with zero attached hydrogens (tertiary/aromatic N) is 1. The van der Waals surface area contributed by atoms with Gasteiger partial charge in [-0.1, -0.05) is 42.5 Å². The Kier molecular flexibility index (Phi) is 11.1. The SMILES string of the molecule is CC(C)OCCCNC(=O)C(=O)N/N=C\c1cccc(OCC(=O)NCc2ccccc2)c1. The predicted molar refractivity (Wildman–Crippen MR) is 125 cm³/mol. The van der Waals surface area contributed by atoms with Crippen molar-refractivity contribution >= 4 is 23.9 Å². The maximum absolute atomic E-state index is 12.0. The highest BCUT2D eigenvalue weighted by atomic mass is 16.5. The molecule has 2 aromatic carbocycles. The lowest BCUT2D eigenvalue weighted by molar-refractivity contribution is -0.139.